The number of hydrogen-bond acceptors (Lipinski definition) is 2. The second-order valence-electron chi connectivity index (χ2n) is 4.48. The third-order valence-corrected chi connectivity index (χ3v) is 3.52. The van der Waals surface area contributed by atoms with Crippen LogP contribution in [-0.2, 0) is 0 Å². The number of hydrogen-bond donors (Lipinski definition) is 2. The van der Waals surface area contributed by atoms with Crippen molar-refractivity contribution in [2.24, 2.45) is 11.8 Å². The van der Waals surface area contributed by atoms with E-state index < -0.39 is 5.72 Å². The van der Waals surface area contributed by atoms with Crippen LogP contribution in [-0.4, -0.2) is 17.9 Å². The van der Waals surface area contributed by atoms with Gasteiger partial charge in [-0.3, -0.25) is 5.32 Å². The number of aliphatic hydroxyl groups is 1. The van der Waals surface area contributed by atoms with E-state index in [1.54, 1.807) is 0 Å². The summed E-state index contributed by atoms with van der Waals surface area (Å²) in [5, 5.41) is 13.1. The van der Waals surface area contributed by atoms with Crippen LogP contribution >= 0.6 is 0 Å². The van der Waals surface area contributed by atoms with Crippen LogP contribution in [0.1, 0.15) is 38.5 Å². The molecule has 0 spiro atoms. The van der Waals surface area contributed by atoms with Gasteiger partial charge in [0.2, 0.25) is 0 Å². The van der Waals surface area contributed by atoms with E-state index in [0.29, 0.717) is 0 Å². The average molecular weight is 169 g/mol. The molecule has 2 aliphatic carbocycles. The molecule has 2 rings (SSSR count). The van der Waals surface area contributed by atoms with Crippen LogP contribution in [0.4, 0.5) is 0 Å². The van der Waals surface area contributed by atoms with E-state index in [2.05, 4.69) is 5.32 Å². The Morgan fingerprint density at radius 2 is 2.00 bits per heavy atom. The van der Waals surface area contributed by atoms with E-state index in [4.69, 9.17) is 0 Å². The molecular formula is C10H19NO. The Labute approximate surface area is 74.4 Å². The summed E-state index contributed by atoms with van der Waals surface area (Å²) in [7, 11) is 1.87. The van der Waals surface area contributed by atoms with Gasteiger partial charge in [-0.25, -0.2) is 0 Å². The molecule has 2 aliphatic rings. The lowest BCUT2D eigenvalue weighted by molar-refractivity contribution is -0.0429. The van der Waals surface area contributed by atoms with Gasteiger partial charge in [0, 0.05) is 0 Å². The molecule has 70 valence electrons. The van der Waals surface area contributed by atoms with Gasteiger partial charge in [0.1, 0.15) is 5.72 Å². The Hall–Kier alpha value is -0.0800. The molecule has 0 aromatic heterocycles. The lowest BCUT2D eigenvalue weighted by Crippen LogP contribution is -2.46. The molecule has 2 atom stereocenters. The SMILES string of the molecule is CNC1(O)CCCC(C2CC2)C1. The highest BCUT2D eigenvalue weighted by molar-refractivity contribution is 4.90. The van der Waals surface area contributed by atoms with Gasteiger partial charge in [-0.05, 0) is 57.4 Å². The molecule has 0 radical (unpaired) electrons. The normalized spacial score (nSPS) is 43.0. The van der Waals surface area contributed by atoms with Gasteiger partial charge in [0.25, 0.3) is 0 Å². The quantitative estimate of drug-likeness (QED) is 0.614. The second-order valence-corrected chi connectivity index (χ2v) is 4.48. The Bertz CT molecular complexity index is 167. The van der Waals surface area contributed by atoms with Crippen LogP contribution in [0, 0.1) is 11.8 Å². The van der Waals surface area contributed by atoms with Crippen LogP contribution < -0.4 is 5.32 Å². The van der Waals surface area contributed by atoms with Gasteiger partial charge in [-0.1, -0.05) is 0 Å². The van der Waals surface area contributed by atoms with Gasteiger partial charge >= 0.3 is 0 Å². The van der Waals surface area contributed by atoms with Crippen molar-refractivity contribution < 1.29 is 5.11 Å². The zero-order valence-electron chi connectivity index (χ0n) is 7.84. The summed E-state index contributed by atoms with van der Waals surface area (Å²) in [5.41, 5.74) is -0.536. The predicted molar refractivity (Wildman–Crippen MR) is 48.7 cm³/mol. The van der Waals surface area contributed by atoms with Crippen molar-refractivity contribution in [3.8, 4) is 0 Å². The van der Waals surface area contributed by atoms with Crippen molar-refractivity contribution in [3.05, 3.63) is 0 Å². The largest absolute Gasteiger partial charge is 0.376 e. The number of rotatable bonds is 2. The van der Waals surface area contributed by atoms with Gasteiger partial charge in [-0.2, -0.15) is 0 Å². The maximum atomic E-state index is 10.0. The lowest BCUT2D eigenvalue weighted by Gasteiger charge is -2.36. The lowest BCUT2D eigenvalue weighted by atomic mass is 9.80. The first kappa shape index (κ1) is 8.52. The predicted octanol–water partition coefficient (Wildman–Crippen LogP) is 1.49. The summed E-state index contributed by atoms with van der Waals surface area (Å²) >= 11 is 0. The highest BCUT2D eigenvalue weighted by atomic mass is 16.3. The van der Waals surface area contributed by atoms with Gasteiger partial charge in [0.05, 0.1) is 0 Å². The molecule has 0 aromatic carbocycles. The van der Waals surface area contributed by atoms with Crippen molar-refractivity contribution in [3.63, 3.8) is 0 Å². The molecule has 2 nitrogen and oxygen atoms in total. The Kier molecular flexibility index (Phi) is 2.13. The molecule has 0 amide bonds. The molecule has 12 heavy (non-hydrogen) atoms. The van der Waals surface area contributed by atoms with Crippen LogP contribution in [0.15, 0.2) is 0 Å². The van der Waals surface area contributed by atoms with Crippen LogP contribution in [0.3, 0.4) is 0 Å². The second kappa shape index (κ2) is 3.00. The molecular weight excluding hydrogens is 150 g/mol. The summed E-state index contributed by atoms with van der Waals surface area (Å²) < 4.78 is 0. The summed E-state index contributed by atoms with van der Waals surface area (Å²) in [6.45, 7) is 0. The van der Waals surface area contributed by atoms with E-state index in [9.17, 15) is 5.11 Å². The van der Waals surface area contributed by atoms with E-state index >= 15 is 0 Å². The molecule has 0 heterocycles. The molecule has 2 heteroatoms. The van der Waals surface area contributed by atoms with E-state index in [1.807, 2.05) is 7.05 Å². The van der Waals surface area contributed by atoms with E-state index in [0.717, 1.165) is 24.7 Å². The monoisotopic (exact) mass is 169 g/mol. The van der Waals surface area contributed by atoms with Crippen molar-refractivity contribution in [2.45, 2.75) is 44.2 Å². The van der Waals surface area contributed by atoms with E-state index in [1.165, 1.54) is 25.7 Å². The summed E-state index contributed by atoms with van der Waals surface area (Å²) in [4.78, 5) is 0. The summed E-state index contributed by atoms with van der Waals surface area (Å²) in [6, 6.07) is 0. The summed E-state index contributed by atoms with van der Waals surface area (Å²) in [6.07, 6.45) is 7.27. The number of nitrogens with one attached hydrogen (secondary N) is 1. The standard InChI is InChI=1S/C10H19NO/c1-11-10(12)6-2-3-9(7-10)8-4-5-8/h8-9,11-12H,2-7H2,1H3. The highest BCUT2D eigenvalue weighted by Gasteiger charge is 2.39. The molecule has 2 N–H and O–H groups in total. The average Bonchev–Trinajstić information content (AvgIpc) is 2.87. The van der Waals surface area contributed by atoms with Crippen LogP contribution in [0.5, 0.6) is 0 Å². The van der Waals surface area contributed by atoms with Crippen molar-refractivity contribution in [1.82, 2.24) is 5.32 Å². The molecule has 2 unspecified atom stereocenters. The molecule has 2 fully saturated rings. The third kappa shape index (κ3) is 1.64. The fourth-order valence-electron chi connectivity index (χ4n) is 2.49. The Morgan fingerprint density at radius 1 is 1.25 bits per heavy atom. The minimum Gasteiger partial charge on any atom is -0.376 e. The molecule has 0 aromatic rings. The van der Waals surface area contributed by atoms with Crippen molar-refractivity contribution in [2.75, 3.05) is 7.05 Å². The molecule has 0 bridgehead atoms. The maximum absolute atomic E-state index is 10.0. The van der Waals surface area contributed by atoms with Gasteiger partial charge in [-0.15, -0.1) is 0 Å². The van der Waals surface area contributed by atoms with Crippen molar-refractivity contribution >= 4 is 0 Å². The fraction of sp³-hybridized carbons (Fsp3) is 1.00. The first-order valence-electron chi connectivity index (χ1n) is 5.15. The van der Waals surface area contributed by atoms with Crippen LogP contribution in [0.25, 0.3) is 0 Å². The first-order chi connectivity index (χ1) is 5.73. The minimum absolute atomic E-state index is 0.536. The van der Waals surface area contributed by atoms with Gasteiger partial charge in [0.15, 0.2) is 0 Å². The smallest absolute Gasteiger partial charge is 0.116 e. The minimum atomic E-state index is -0.536. The Morgan fingerprint density at radius 3 is 2.58 bits per heavy atom. The van der Waals surface area contributed by atoms with Gasteiger partial charge < -0.3 is 5.11 Å². The third-order valence-electron chi connectivity index (χ3n) is 3.52. The van der Waals surface area contributed by atoms with Crippen LogP contribution in [0.2, 0.25) is 0 Å². The topological polar surface area (TPSA) is 32.3 Å². The zero-order valence-corrected chi connectivity index (χ0v) is 7.84. The fourth-order valence-corrected chi connectivity index (χ4v) is 2.49. The maximum Gasteiger partial charge on any atom is 0.116 e. The molecule has 0 saturated heterocycles. The summed E-state index contributed by atoms with van der Waals surface area (Å²) in [5.74, 6) is 1.75. The molecule has 0 aliphatic heterocycles. The van der Waals surface area contributed by atoms with E-state index in [-0.39, 0.29) is 0 Å². The Balaban J connectivity index is 1.93. The highest BCUT2D eigenvalue weighted by Crippen LogP contribution is 2.45. The molecule has 2 saturated carbocycles. The van der Waals surface area contributed by atoms with Crippen molar-refractivity contribution in [1.29, 1.82) is 0 Å². The zero-order chi connectivity index (χ0) is 8.60. The first-order valence-corrected chi connectivity index (χ1v) is 5.15.